The van der Waals surface area contributed by atoms with Crippen LogP contribution in [0.25, 0.3) is 0 Å². The van der Waals surface area contributed by atoms with Gasteiger partial charge < -0.3 is 14.9 Å². The van der Waals surface area contributed by atoms with E-state index in [1.54, 1.807) is 13.0 Å². The van der Waals surface area contributed by atoms with Crippen LogP contribution < -0.4 is 5.32 Å². The van der Waals surface area contributed by atoms with Gasteiger partial charge in [0.25, 0.3) is 0 Å². The summed E-state index contributed by atoms with van der Waals surface area (Å²) in [6.45, 7) is 2.37. The summed E-state index contributed by atoms with van der Waals surface area (Å²) in [5, 5.41) is 15.5. The second-order valence-electron chi connectivity index (χ2n) is 3.65. The van der Waals surface area contributed by atoms with Gasteiger partial charge in [-0.05, 0) is 19.1 Å². The SMILES string of the molecule is Cc1noc(CCNc2ccc(C(=O)O)nc2)n1. The number of anilines is 1. The molecule has 94 valence electrons. The maximum atomic E-state index is 10.6. The zero-order valence-corrected chi connectivity index (χ0v) is 9.75. The molecule has 7 nitrogen and oxygen atoms in total. The standard InChI is InChI=1S/C11H12N4O3/c1-7-14-10(18-15-7)4-5-12-8-2-3-9(11(16)17)13-6-8/h2-3,6,12H,4-5H2,1H3,(H,16,17). The minimum absolute atomic E-state index is 0.0214. The number of carboxylic acids is 1. The Morgan fingerprint density at radius 1 is 1.50 bits per heavy atom. The first-order valence-corrected chi connectivity index (χ1v) is 5.37. The fourth-order valence-electron chi connectivity index (χ4n) is 1.38. The quantitative estimate of drug-likeness (QED) is 0.817. The maximum Gasteiger partial charge on any atom is 0.354 e. The number of rotatable bonds is 5. The van der Waals surface area contributed by atoms with Crippen molar-refractivity contribution < 1.29 is 14.4 Å². The van der Waals surface area contributed by atoms with Crippen molar-refractivity contribution in [2.24, 2.45) is 0 Å². The van der Waals surface area contributed by atoms with Crippen molar-refractivity contribution in [3.05, 3.63) is 35.7 Å². The van der Waals surface area contributed by atoms with Crippen molar-refractivity contribution in [2.45, 2.75) is 13.3 Å². The smallest absolute Gasteiger partial charge is 0.354 e. The molecule has 0 aliphatic rings. The van der Waals surface area contributed by atoms with Crippen LogP contribution in [0.1, 0.15) is 22.2 Å². The minimum atomic E-state index is -1.04. The molecular weight excluding hydrogens is 236 g/mol. The summed E-state index contributed by atoms with van der Waals surface area (Å²) in [5.41, 5.74) is 0.768. The zero-order valence-electron chi connectivity index (χ0n) is 9.75. The molecule has 2 aromatic rings. The van der Waals surface area contributed by atoms with E-state index < -0.39 is 5.97 Å². The van der Waals surface area contributed by atoms with Crippen LogP contribution in [0, 0.1) is 6.92 Å². The first-order chi connectivity index (χ1) is 8.65. The molecule has 0 radical (unpaired) electrons. The number of aromatic nitrogens is 3. The van der Waals surface area contributed by atoms with Crippen molar-refractivity contribution >= 4 is 11.7 Å². The second kappa shape index (κ2) is 5.26. The van der Waals surface area contributed by atoms with Gasteiger partial charge in [0, 0.05) is 13.0 Å². The topological polar surface area (TPSA) is 101 Å². The van der Waals surface area contributed by atoms with Gasteiger partial charge in [0.2, 0.25) is 5.89 Å². The van der Waals surface area contributed by atoms with Gasteiger partial charge >= 0.3 is 5.97 Å². The van der Waals surface area contributed by atoms with Gasteiger partial charge in [-0.2, -0.15) is 4.98 Å². The number of nitrogens with one attached hydrogen (secondary N) is 1. The molecule has 0 saturated heterocycles. The Balaban J connectivity index is 1.85. The van der Waals surface area contributed by atoms with Crippen LogP contribution in [0.2, 0.25) is 0 Å². The Morgan fingerprint density at radius 3 is 2.89 bits per heavy atom. The van der Waals surface area contributed by atoms with Crippen LogP contribution in [0.4, 0.5) is 5.69 Å². The summed E-state index contributed by atoms with van der Waals surface area (Å²) in [7, 11) is 0. The number of hydrogen-bond donors (Lipinski definition) is 2. The lowest BCUT2D eigenvalue weighted by Gasteiger charge is -2.03. The Morgan fingerprint density at radius 2 is 2.33 bits per heavy atom. The molecule has 0 aliphatic heterocycles. The van der Waals surface area contributed by atoms with Crippen molar-refractivity contribution in [3.63, 3.8) is 0 Å². The first kappa shape index (κ1) is 12.0. The van der Waals surface area contributed by atoms with E-state index in [1.807, 2.05) is 0 Å². The van der Waals surface area contributed by atoms with Gasteiger partial charge in [-0.1, -0.05) is 5.16 Å². The monoisotopic (exact) mass is 248 g/mol. The van der Waals surface area contributed by atoms with Crippen LogP contribution in [-0.4, -0.2) is 32.7 Å². The number of aromatic carboxylic acids is 1. The van der Waals surface area contributed by atoms with Gasteiger partial charge in [-0.3, -0.25) is 0 Å². The van der Waals surface area contributed by atoms with Crippen LogP contribution in [0.3, 0.4) is 0 Å². The molecule has 0 atom stereocenters. The summed E-state index contributed by atoms with van der Waals surface area (Å²) < 4.78 is 4.96. The van der Waals surface area contributed by atoms with Gasteiger partial charge in [-0.15, -0.1) is 0 Å². The highest BCUT2D eigenvalue weighted by Gasteiger charge is 2.04. The van der Waals surface area contributed by atoms with E-state index in [1.165, 1.54) is 12.3 Å². The van der Waals surface area contributed by atoms with Gasteiger partial charge in [0.05, 0.1) is 11.9 Å². The third-order valence-corrected chi connectivity index (χ3v) is 2.22. The highest BCUT2D eigenvalue weighted by Crippen LogP contribution is 2.06. The summed E-state index contributed by atoms with van der Waals surface area (Å²) in [5.74, 6) is 0.135. The average molecular weight is 248 g/mol. The molecule has 0 aliphatic carbocycles. The van der Waals surface area contributed by atoms with E-state index in [4.69, 9.17) is 9.63 Å². The van der Waals surface area contributed by atoms with Crippen molar-refractivity contribution in [1.29, 1.82) is 0 Å². The summed E-state index contributed by atoms with van der Waals surface area (Å²) >= 11 is 0. The number of carboxylic acid groups (broad SMARTS) is 1. The molecule has 18 heavy (non-hydrogen) atoms. The molecule has 0 amide bonds. The molecule has 0 unspecified atom stereocenters. The fourth-order valence-corrected chi connectivity index (χ4v) is 1.38. The van der Waals surface area contributed by atoms with Crippen LogP contribution in [-0.2, 0) is 6.42 Å². The highest BCUT2D eigenvalue weighted by molar-refractivity contribution is 5.85. The van der Waals surface area contributed by atoms with Gasteiger partial charge in [-0.25, -0.2) is 9.78 Å². The van der Waals surface area contributed by atoms with Gasteiger partial charge in [0.1, 0.15) is 5.69 Å². The number of hydrogen-bond acceptors (Lipinski definition) is 6. The molecule has 0 saturated carbocycles. The van der Waals surface area contributed by atoms with Crippen molar-refractivity contribution in [1.82, 2.24) is 15.1 Å². The van der Waals surface area contributed by atoms with Crippen LogP contribution in [0.5, 0.6) is 0 Å². The maximum absolute atomic E-state index is 10.6. The fraction of sp³-hybridized carbons (Fsp3) is 0.273. The van der Waals surface area contributed by atoms with Crippen LogP contribution in [0.15, 0.2) is 22.9 Å². The van der Waals surface area contributed by atoms with Crippen molar-refractivity contribution in [2.75, 3.05) is 11.9 Å². The minimum Gasteiger partial charge on any atom is -0.477 e. The van der Waals surface area contributed by atoms with Crippen LogP contribution >= 0.6 is 0 Å². The summed E-state index contributed by atoms with van der Waals surface area (Å²) in [4.78, 5) is 18.5. The normalized spacial score (nSPS) is 10.3. The lowest BCUT2D eigenvalue weighted by Crippen LogP contribution is -2.06. The lowest BCUT2D eigenvalue weighted by atomic mass is 10.3. The van der Waals surface area contributed by atoms with E-state index in [0.29, 0.717) is 24.7 Å². The number of carbonyl (C=O) groups is 1. The second-order valence-corrected chi connectivity index (χ2v) is 3.65. The van der Waals surface area contributed by atoms with E-state index >= 15 is 0 Å². The number of aryl methyl sites for hydroxylation is 1. The Labute approximate surface area is 103 Å². The predicted molar refractivity (Wildman–Crippen MR) is 62.4 cm³/mol. The van der Waals surface area contributed by atoms with E-state index in [9.17, 15) is 4.79 Å². The molecule has 0 spiro atoms. The third-order valence-electron chi connectivity index (χ3n) is 2.22. The Bertz CT molecular complexity index is 535. The summed E-state index contributed by atoms with van der Waals surface area (Å²) in [6.07, 6.45) is 2.07. The Hall–Kier alpha value is -2.44. The molecule has 7 heteroatoms. The lowest BCUT2D eigenvalue weighted by molar-refractivity contribution is 0.0690. The average Bonchev–Trinajstić information content (AvgIpc) is 2.76. The number of pyridine rings is 1. The van der Waals surface area contributed by atoms with E-state index in [0.717, 1.165) is 5.69 Å². The molecule has 0 fully saturated rings. The molecule has 2 N–H and O–H groups in total. The molecule has 2 rings (SSSR count). The third kappa shape index (κ3) is 3.03. The molecule has 0 bridgehead atoms. The molecule has 2 heterocycles. The highest BCUT2D eigenvalue weighted by atomic mass is 16.5. The molecule has 0 aromatic carbocycles. The predicted octanol–water partition coefficient (Wildman–Crippen LogP) is 1.13. The summed E-state index contributed by atoms with van der Waals surface area (Å²) in [6, 6.07) is 3.11. The largest absolute Gasteiger partial charge is 0.477 e. The van der Waals surface area contributed by atoms with Gasteiger partial charge in [0.15, 0.2) is 5.82 Å². The van der Waals surface area contributed by atoms with E-state index in [2.05, 4.69) is 20.4 Å². The Kier molecular flexibility index (Phi) is 3.52. The molecule has 2 aromatic heterocycles. The first-order valence-electron chi connectivity index (χ1n) is 5.37. The number of nitrogens with zero attached hydrogens (tertiary/aromatic N) is 3. The zero-order chi connectivity index (χ0) is 13.0. The van der Waals surface area contributed by atoms with E-state index in [-0.39, 0.29) is 5.69 Å². The molecular formula is C11H12N4O3. The van der Waals surface area contributed by atoms with Crippen molar-refractivity contribution in [3.8, 4) is 0 Å².